The van der Waals surface area contributed by atoms with E-state index in [1.54, 1.807) is 16.8 Å². The van der Waals surface area contributed by atoms with Gasteiger partial charge in [0.25, 0.3) is 0 Å². The zero-order valence-electron chi connectivity index (χ0n) is 14.1. The maximum Gasteiger partial charge on any atom is 0.239 e. The van der Waals surface area contributed by atoms with Crippen molar-refractivity contribution in [3.05, 3.63) is 41.8 Å². The second kappa shape index (κ2) is 7.13. The van der Waals surface area contributed by atoms with Crippen molar-refractivity contribution in [1.82, 2.24) is 14.7 Å². The third-order valence-corrected chi connectivity index (χ3v) is 4.46. The number of carbonyl (C=O) groups excluding carboxylic acids is 1. The fourth-order valence-electron chi connectivity index (χ4n) is 3.13. The molecule has 5 nitrogen and oxygen atoms in total. The lowest BCUT2D eigenvalue weighted by molar-refractivity contribution is -0.118. The first-order valence-electron chi connectivity index (χ1n) is 8.39. The molecular formula is C18H23FN4O. The van der Waals surface area contributed by atoms with Crippen LogP contribution in [0.1, 0.15) is 31.9 Å². The van der Waals surface area contributed by atoms with E-state index in [1.165, 1.54) is 18.6 Å². The van der Waals surface area contributed by atoms with Crippen molar-refractivity contribution in [2.45, 2.75) is 39.2 Å². The second-order valence-electron chi connectivity index (χ2n) is 6.42. The molecule has 1 unspecified atom stereocenters. The van der Waals surface area contributed by atoms with Crippen molar-refractivity contribution in [2.75, 3.05) is 18.4 Å². The first kappa shape index (κ1) is 16.6. The van der Waals surface area contributed by atoms with Gasteiger partial charge in [-0.25, -0.2) is 9.07 Å². The summed E-state index contributed by atoms with van der Waals surface area (Å²) in [5, 5.41) is 7.33. The zero-order chi connectivity index (χ0) is 17.1. The summed E-state index contributed by atoms with van der Waals surface area (Å²) in [6.07, 6.45) is 3.51. The Kier molecular flexibility index (Phi) is 4.94. The van der Waals surface area contributed by atoms with Gasteiger partial charge in [-0.1, -0.05) is 6.42 Å². The maximum absolute atomic E-state index is 13.1. The van der Waals surface area contributed by atoms with Crippen molar-refractivity contribution in [3.8, 4) is 5.69 Å². The maximum atomic E-state index is 13.1. The summed E-state index contributed by atoms with van der Waals surface area (Å²) in [6.45, 7) is 5.38. The van der Waals surface area contributed by atoms with Crippen LogP contribution in [0.4, 0.5) is 10.2 Å². The van der Waals surface area contributed by atoms with Crippen LogP contribution in [0.25, 0.3) is 5.69 Å². The minimum Gasteiger partial charge on any atom is -0.309 e. The molecule has 1 aliphatic rings. The molecule has 1 aromatic heterocycles. The lowest BCUT2D eigenvalue weighted by Crippen LogP contribution is -2.42. The number of carbonyl (C=O) groups is 1. The predicted octanol–water partition coefficient (Wildman–Crippen LogP) is 3.13. The Hall–Kier alpha value is -2.21. The standard InChI is InChI=1S/C18H23FN4O/c1-13-11-17(23(21-13)16-8-6-15(19)7-9-16)20-18(24)12-22-10-4-3-5-14(22)2/h6-9,11,14H,3-5,10,12H2,1-2H3,(H,20,24). The van der Waals surface area contributed by atoms with Crippen molar-refractivity contribution >= 4 is 11.7 Å². The summed E-state index contributed by atoms with van der Waals surface area (Å²) in [5.41, 5.74) is 1.51. The highest BCUT2D eigenvalue weighted by molar-refractivity contribution is 5.91. The summed E-state index contributed by atoms with van der Waals surface area (Å²) in [6, 6.07) is 8.31. The smallest absolute Gasteiger partial charge is 0.239 e. The van der Waals surface area contributed by atoms with Gasteiger partial charge in [0.05, 0.1) is 17.9 Å². The molecule has 0 saturated carbocycles. The number of aryl methyl sites for hydroxylation is 1. The Morgan fingerprint density at radius 1 is 1.33 bits per heavy atom. The third kappa shape index (κ3) is 3.82. The Balaban J connectivity index is 1.73. The third-order valence-electron chi connectivity index (χ3n) is 4.46. The van der Waals surface area contributed by atoms with Crippen molar-refractivity contribution < 1.29 is 9.18 Å². The molecule has 1 fully saturated rings. The van der Waals surface area contributed by atoms with E-state index in [2.05, 4.69) is 22.2 Å². The van der Waals surface area contributed by atoms with Crippen LogP contribution in [0, 0.1) is 12.7 Å². The van der Waals surface area contributed by atoms with E-state index < -0.39 is 0 Å². The lowest BCUT2D eigenvalue weighted by Gasteiger charge is -2.32. The van der Waals surface area contributed by atoms with Crippen molar-refractivity contribution in [1.29, 1.82) is 0 Å². The van der Waals surface area contributed by atoms with Crippen LogP contribution in [0.3, 0.4) is 0 Å². The van der Waals surface area contributed by atoms with Gasteiger partial charge in [-0.3, -0.25) is 9.69 Å². The number of aromatic nitrogens is 2. The van der Waals surface area contributed by atoms with Gasteiger partial charge in [0.15, 0.2) is 0 Å². The Labute approximate surface area is 141 Å². The van der Waals surface area contributed by atoms with Crippen LogP contribution in [0.15, 0.2) is 30.3 Å². The fraction of sp³-hybridized carbons (Fsp3) is 0.444. The number of likely N-dealkylation sites (tertiary alicyclic amines) is 1. The first-order chi connectivity index (χ1) is 11.5. The van der Waals surface area contributed by atoms with E-state index in [0.29, 0.717) is 24.1 Å². The zero-order valence-corrected chi connectivity index (χ0v) is 14.1. The van der Waals surface area contributed by atoms with Gasteiger partial charge in [0.1, 0.15) is 11.6 Å². The minimum absolute atomic E-state index is 0.0491. The highest BCUT2D eigenvalue weighted by Crippen LogP contribution is 2.19. The molecule has 2 heterocycles. The van der Waals surface area contributed by atoms with Gasteiger partial charge in [-0.15, -0.1) is 0 Å². The van der Waals surface area contributed by atoms with E-state index >= 15 is 0 Å². The van der Waals surface area contributed by atoms with Gasteiger partial charge in [-0.05, 0) is 57.5 Å². The average molecular weight is 330 g/mol. The molecule has 1 atom stereocenters. The Morgan fingerprint density at radius 3 is 2.79 bits per heavy atom. The summed E-state index contributed by atoms with van der Waals surface area (Å²) >= 11 is 0. The Morgan fingerprint density at radius 2 is 2.08 bits per heavy atom. The molecule has 0 radical (unpaired) electrons. The normalized spacial score (nSPS) is 18.5. The molecule has 6 heteroatoms. The molecule has 1 saturated heterocycles. The van der Waals surface area contributed by atoms with Gasteiger partial charge < -0.3 is 5.32 Å². The van der Waals surface area contributed by atoms with Gasteiger partial charge in [0, 0.05) is 12.1 Å². The van der Waals surface area contributed by atoms with Crippen LogP contribution in [-0.4, -0.2) is 39.7 Å². The molecule has 3 rings (SSSR count). The first-order valence-corrected chi connectivity index (χ1v) is 8.39. The number of hydrogen-bond donors (Lipinski definition) is 1. The van der Waals surface area contributed by atoms with Gasteiger partial charge in [-0.2, -0.15) is 5.10 Å². The van der Waals surface area contributed by atoms with Crippen molar-refractivity contribution in [2.24, 2.45) is 0 Å². The summed E-state index contributed by atoms with van der Waals surface area (Å²) < 4.78 is 14.7. The molecule has 0 spiro atoms. The van der Waals surface area contributed by atoms with Crippen LogP contribution >= 0.6 is 0 Å². The number of anilines is 1. The molecule has 24 heavy (non-hydrogen) atoms. The molecule has 1 N–H and O–H groups in total. The summed E-state index contributed by atoms with van der Waals surface area (Å²) in [4.78, 5) is 14.6. The number of benzene rings is 1. The Bertz CT molecular complexity index is 710. The quantitative estimate of drug-likeness (QED) is 0.937. The number of nitrogens with zero attached hydrogens (tertiary/aromatic N) is 3. The predicted molar refractivity (Wildman–Crippen MR) is 91.8 cm³/mol. The molecule has 1 aromatic carbocycles. The fourth-order valence-corrected chi connectivity index (χ4v) is 3.13. The van der Waals surface area contributed by atoms with Crippen molar-refractivity contribution in [3.63, 3.8) is 0 Å². The number of halogens is 1. The summed E-state index contributed by atoms with van der Waals surface area (Å²) in [5.74, 6) is 0.257. The second-order valence-corrected chi connectivity index (χ2v) is 6.42. The average Bonchev–Trinajstić information content (AvgIpc) is 2.90. The number of amides is 1. The molecule has 1 amide bonds. The van der Waals surface area contributed by atoms with Crippen LogP contribution in [-0.2, 0) is 4.79 Å². The van der Waals surface area contributed by atoms with E-state index in [9.17, 15) is 9.18 Å². The van der Waals surface area contributed by atoms with Crippen LogP contribution < -0.4 is 5.32 Å². The highest BCUT2D eigenvalue weighted by Gasteiger charge is 2.21. The number of nitrogens with one attached hydrogen (secondary N) is 1. The topological polar surface area (TPSA) is 50.2 Å². The number of piperidine rings is 1. The van der Waals surface area contributed by atoms with E-state index in [4.69, 9.17) is 0 Å². The monoisotopic (exact) mass is 330 g/mol. The number of rotatable bonds is 4. The number of hydrogen-bond acceptors (Lipinski definition) is 3. The van der Waals surface area contributed by atoms with E-state index in [1.807, 2.05) is 13.0 Å². The largest absolute Gasteiger partial charge is 0.309 e. The minimum atomic E-state index is -0.299. The van der Waals surface area contributed by atoms with E-state index in [0.717, 1.165) is 25.1 Å². The SMILES string of the molecule is Cc1cc(NC(=O)CN2CCCCC2C)n(-c2ccc(F)cc2)n1. The van der Waals surface area contributed by atoms with Crippen LogP contribution in [0.2, 0.25) is 0 Å². The lowest BCUT2D eigenvalue weighted by atomic mass is 10.0. The summed E-state index contributed by atoms with van der Waals surface area (Å²) in [7, 11) is 0. The molecule has 128 valence electrons. The van der Waals surface area contributed by atoms with E-state index in [-0.39, 0.29) is 11.7 Å². The molecule has 0 bridgehead atoms. The highest BCUT2D eigenvalue weighted by atomic mass is 19.1. The molecule has 0 aliphatic carbocycles. The molecule has 2 aromatic rings. The van der Waals surface area contributed by atoms with Gasteiger partial charge in [0.2, 0.25) is 5.91 Å². The van der Waals surface area contributed by atoms with Crippen LogP contribution in [0.5, 0.6) is 0 Å². The molecule has 1 aliphatic heterocycles. The molecular weight excluding hydrogens is 307 g/mol. The van der Waals surface area contributed by atoms with Gasteiger partial charge >= 0.3 is 0 Å².